The van der Waals surface area contributed by atoms with Crippen LogP contribution in [-0.4, -0.2) is 25.5 Å². The van der Waals surface area contributed by atoms with Crippen LogP contribution < -0.4 is 20.2 Å². The second-order valence-corrected chi connectivity index (χ2v) is 6.78. The molecule has 0 saturated heterocycles. The molecule has 0 aromatic heterocycles. The molecule has 0 atom stereocenters. The maximum atomic E-state index is 6.08. The van der Waals surface area contributed by atoms with Crippen LogP contribution in [0.25, 0.3) is 0 Å². The fraction of sp³-hybridized carbons (Fsp3) is 0.125. The van der Waals surface area contributed by atoms with E-state index in [4.69, 9.17) is 44.9 Å². The number of halogens is 3. The minimum absolute atomic E-state index is 0.284. The molecule has 0 spiro atoms. The van der Waals surface area contributed by atoms with Crippen LogP contribution in [0.4, 0.5) is 5.69 Å². The topological polar surface area (TPSA) is 54.9 Å². The van der Waals surface area contributed by atoms with Crippen molar-refractivity contribution in [3.05, 3.63) is 50.4 Å². The number of nitrogens with one attached hydrogen (secondary N) is 2. The SMILES string of the molecule is COc1cc(OC)c(C=NNC(=S)Nc2ccc(Cl)cc2Cl)cc1Br. The summed E-state index contributed by atoms with van der Waals surface area (Å²) in [5.74, 6) is 1.28. The third-order valence-corrected chi connectivity index (χ3v) is 4.41. The van der Waals surface area contributed by atoms with Gasteiger partial charge >= 0.3 is 0 Å². The summed E-state index contributed by atoms with van der Waals surface area (Å²) in [5, 5.41) is 8.33. The Labute approximate surface area is 169 Å². The molecule has 0 heterocycles. The van der Waals surface area contributed by atoms with E-state index in [0.717, 1.165) is 10.0 Å². The molecule has 2 aromatic carbocycles. The lowest BCUT2D eigenvalue weighted by Gasteiger charge is -2.10. The Morgan fingerprint density at radius 1 is 1.16 bits per heavy atom. The van der Waals surface area contributed by atoms with Gasteiger partial charge in [-0.3, -0.25) is 5.43 Å². The fourth-order valence-corrected chi connectivity index (χ4v) is 3.03. The lowest BCUT2D eigenvalue weighted by Crippen LogP contribution is -2.24. The van der Waals surface area contributed by atoms with Gasteiger partial charge in [-0.15, -0.1) is 0 Å². The smallest absolute Gasteiger partial charge is 0.191 e. The van der Waals surface area contributed by atoms with E-state index in [1.807, 2.05) is 6.07 Å². The fourth-order valence-electron chi connectivity index (χ4n) is 1.89. The number of benzene rings is 2. The molecule has 0 bridgehead atoms. The highest BCUT2D eigenvalue weighted by molar-refractivity contribution is 9.10. The molecular weight excluding hydrogens is 449 g/mol. The Bertz CT molecular complexity index is 818. The van der Waals surface area contributed by atoms with Crippen molar-refractivity contribution in [3.63, 3.8) is 0 Å². The van der Waals surface area contributed by atoms with Crippen molar-refractivity contribution in [2.24, 2.45) is 5.10 Å². The van der Waals surface area contributed by atoms with Gasteiger partial charge in [0.05, 0.1) is 35.6 Å². The number of rotatable bonds is 5. The minimum atomic E-state index is 0.284. The zero-order valence-corrected chi connectivity index (χ0v) is 17.2. The number of anilines is 1. The Hall–Kier alpha value is -1.54. The summed E-state index contributed by atoms with van der Waals surface area (Å²) in [7, 11) is 3.16. The summed E-state index contributed by atoms with van der Waals surface area (Å²) >= 11 is 20.5. The number of hydrazone groups is 1. The van der Waals surface area contributed by atoms with Crippen molar-refractivity contribution in [1.29, 1.82) is 0 Å². The summed E-state index contributed by atoms with van der Waals surface area (Å²) < 4.78 is 11.3. The molecule has 9 heteroatoms. The van der Waals surface area contributed by atoms with Crippen LogP contribution >= 0.6 is 51.3 Å². The van der Waals surface area contributed by atoms with Gasteiger partial charge in [0.2, 0.25) is 0 Å². The van der Waals surface area contributed by atoms with Crippen LogP contribution in [0.15, 0.2) is 39.9 Å². The van der Waals surface area contributed by atoms with Crippen LogP contribution in [0.2, 0.25) is 10.0 Å². The molecule has 0 fully saturated rings. The number of hydrogen-bond donors (Lipinski definition) is 2. The van der Waals surface area contributed by atoms with E-state index < -0.39 is 0 Å². The Morgan fingerprint density at radius 2 is 1.88 bits per heavy atom. The number of thiocarbonyl (C=S) groups is 1. The highest BCUT2D eigenvalue weighted by atomic mass is 79.9. The van der Waals surface area contributed by atoms with Gasteiger partial charge in [0.15, 0.2) is 5.11 Å². The largest absolute Gasteiger partial charge is 0.496 e. The first-order valence-electron chi connectivity index (χ1n) is 6.91. The first-order valence-corrected chi connectivity index (χ1v) is 8.87. The standard InChI is InChI=1S/C16H14BrCl2N3O2S/c1-23-14-7-15(24-2)11(17)5-9(14)8-20-22-16(25)21-13-4-3-10(18)6-12(13)19/h3-8H,1-2H3,(H2,21,22,25). The lowest BCUT2D eigenvalue weighted by atomic mass is 10.2. The van der Waals surface area contributed by atoms with E-state index >= 15 is 0 Å². The predicted molar refractivity (Wildman–Crippen MR) is 111 cm³/mol. The maximum Gasteiger partial charge on any atom is 0.191 e. The molecule has 2 aromatic rings. The normalized spacial score (nSPS) is 10.6. The number of methoxy groups -OCH3 is 2. The monoisotopic (exact) mass is 461 g/mol. The summed E-state index contributed by atoms with van der Waals surface area (Å²) in [4.78, 5) is 0. The van der Waals surface area contributed by atoms with E-state index in [-0.39, 0.29) is 5.11 Å². The van der Waals surface area contributed by atoms with E-state index in [1.165, 1.54) is 0 Å². The highest BCUT2D eigenvalue weighted by Crippen LogP contribution is 2.32. The number of nitrogens with zero attached hydrogens (tertiary/aromatic N) is 1. The molecule has 5 nitrogen and oxygen atoms in total. The molecule has 25 heavy (non-hydrogen) atoms. The molecule has 0 aliphatic carbocycles. The highest BCUT2D eigenvalue weighted by Gasteiger charge is 2.08. The van der Waals surface area contributed by atoms with Gasteiger partial charge < -0.3 is 14.8 Å². The zero-order chi connectivity index (χ0) is 18.4. The summed E-state index contributed by atoms with van der Waals surface area (Å²) in [6.45, 7) is 0. The van der Waals surface area contributed by atoms with Gasteiger partial charge in [-0.05, 0) is 52.4 Å². The first-order chi connectivity index (χ1) is 11.9. The lowest BCUT2D eigenvalue weighted by molar-refractivity contribution is 0.392. The van der Waals surface area contributed by atoms with E-state index in [1.54, 1.807) is 44.7 Å². The van der Waals surface area contributed by atoms with Crippen LogP contribution in [-0.2, 0) is 0 Å². The summed E-state index contributed by atoms with van der Waals surface area (Å²) in [5.41, 5.74) is 4.09. The molecule has 0 aliphatic heterocycles. The third-order valence-electron chi connectivity index (χ3n) is 3.05. The molecule has 0 radical (unpaired) electrons. The minimum Gasteiger partial charge on any atom is -0.496 e. The second-order valence-electron chi connectivity index (χ2n) is 4.68. The maximum absolute atomic E-state index is 6.08. The molecule has 0 aliphatic rings. The van der Waals surface area contributed by atoms with Crippen LogP contribution in [0.3, 0.4) is 0 Å². The zero-order valence-electron chi connectivity index (χ0n) is 13.3. The molecule has 0 unspecified atom stereocenters. The van der Waals surface area contributed by atoms with Crippen LogP contribution in [0.1, 0.15) is 5.56 Å². The van der Waals surface area contributed by atoms with E-state index in [9.17, 15) is 0 Å². The van der Waals surface area contributed by atoms with Crippen molar-refractivity contribution in [2.45, 2.75) is 0 Å². The Morgan fingerprint density at radius 3 is 2.52 bits per heavy atom. The van der Waals surface area contributed by atoms with Crippen molar-refractivity contribution < 1.29 is 9.47 Å². The quantitative estimate of drug-likeness (QED) is 0.368. The average Bonchev–Trinajstić information content (AvgIpc) is 2.57. The molecular formula is C16H14BrCl2N3O2S. The molecule has 2 rings (SSSR count). The van der Waals surface area contributed by atoms with Gasteiger partial charge in [0.1, 0.15) is 11.5 Å². The predicted octanol–water partition coefficient (Wildman–Crippen LogP) is 5.09. The van der Waals surface area contributed by atoms with Gasteiger partial charge in [0, 0.05) is 16.7 Å². The van der Waals surface area contributed by atoms with Crippen LogP contribution in [0.5, 0.6) is 11.5 Å². The summed E-state index contributed by atoms with van der Waals surface area (Å²) in [6.07, 6.45) is 1.58. The van der Waals surface area contributed by atoms with Gasteiger partial charge in [0.25, 0.3) is 0 Å². The molecule has 0 saturated carbocycles. The van der Waals surface area contributed by atoms with Crippen molar-refractivity contribution in [2.75, 3.05) is 19.5 Å². The number of ether oxygens (including phenoxy) is 2. The van der Waals surface area contributed by atoms with Gasteiger partial charge in [-0.2, -0.15) is 5.10 Å². The van der Waals surface area contributed by atoms with E-state index in [2.05, 4.69) is 31.8 Å². The van der Waals surface area contributed by atoms with Crippen LogP contribution in [0, 0.1) is 0 Å². The van der Waals surface area contributed by atoms with Crippen molar-refractivity contribution >= 4 is 68.4 Å². The second kappa shape index (κ2) is 9.24. The van der Waals surface area contributed by atoms with Crippen molar-refractivity contribution in [3.8, 4) is 11.5 Å². The van der Waals surface area contributed by atoms with Crippen molar-refractivity contribution in [1.82, 2.24) is 5.43 Å². The summed E-state index contributed by atoms with van der Waals surface area (Å²) in [6, 6.07) is 8.65. The Balaban J connectivity index is 2.05. The molecule has 132 valence electrons. The average molecular weight is 463 g/mol. The first kappa shape index (κ1) is 19.8. The third kappa shape index (κ3) is 5.47. The van der Waals surface area contributed by atoms with E-state index in [0.29, 0.717) is 27.2 Å². The van der Waals surface area contributed by atoms with Gasteiger partial charge in [-0.1, -0.05) is 23.2 Å². The number of hydrogen-bond acceptors (Lipinski definition) is 4. The Kier molecular flexibility index (Phi) is 7.31. The molecule has 2 N–H and O–H groups in total. The molecule has 0 amide bonds. The van der Waals surface area contributed by atoms with Gasteiger partial charge in [-0.25, -0.2) is 0 Å².